The first-order valence-corrected chi connectivity index (χ1v) is 10.5. The molecule has 1 aromatic carbocycles. The van der Waals surface area contributed by atoms with Crippen LogP contribution in [0, 0.1) is 5.92 Å². The minimum absolute atomic E-state index is 0.144. The van der Waals surface area contributed by atoms with Crippen LogP contribution in [0.4, 0.5) is 0 Å². The summed E-state index contributed by atoms with van der Waals surface area (Å²) in [5, 5.41) is 3.23. The first-order valence-electron chi connectivity index (χ1n) is 9.71. The second kappa shape index (κ2) is 9.04. The van der Waals surface area contributed by atoms with Crippen molar-refractivity contribution in [3.8, 4) is 0 Å². The predicted octanol–water partition coefficient (Wildman–Crippen LogP) is 2.93. The van der Waals surface area contributed by atoms with Gasteiger partial charge in [0, 0.05) is 11.6 Å². The molecule has 2 saturated heterocycles. The number of nitrogens with one attached hydrogen (secondary N) is 1. The fourth-order valence-electron chi connectivity index (χ4n) is 4.18. The van der Waals surface area contributed by atoms with E-state index >= 15 is 0 Å². The molecule has 0 radical (unpaired) electrons. The van der Waals surface area contributed by atoms with E-state index in [9.17, 15) is 14.4 Å². The molecular formula is C19H24BCl2N2O5-. The van der Waals surface area contributed by atoms with E-state index in [0.29, 0.717) is 24.6 Å². The van der Waals surface area contributed by atoms with Crippen LogP contribution in [0.15, 0.2) is 18.2 Å². The van der Waals surface area contributed by atoms with Crippen LogP contribution in [0.3, 0.4) is 0 Å². The van der Waals surface area contributed by atoms with Crippen molar-refractivity contribution in [2.75, 3.05) is 26.2 Å². The zero-order chi connectivity index (χ0) is 21.2. The topological polar surface area (TPSA) is 84.9 Å². The molecule has 2 heterocycles. The zero-order valence-corrected chi connectivity index (χ0v) is 18.0. The van der Waals surface area contributed by atoms with E-state index in [1.807, 2.05) is 18.7 Å². The molecule has 1 unspecified atom stereocenters. The van der Waals surface area contributed by atoms with Crippen molar-refractivity contribution in [1.29, 1.82) is 0 Å². The van der Waals surface area contributed by atoms with Crippen molar-refractivity contribution < 1.29 is 23.7 Å². The molecule has 2 aliphatic rings. The lowest BCUT2D eigenvalue weighted by Gasteiger charge is -2.43. The zero-order valence-electron chi connectivity index (χ0n) is 16.5. The van der Waals surface area contributed by atoms with Gasteiger partial charge in [0.25, 0.3) is 11.9 Å². The van der Waals surface area contributed by atoms with Gasteiger partial charge in [0.1, 0.15) is 5.78 Å². The second-order valence-electron chi connectivity index (χ2n) is 8.00. The van der Waals surface area contributed by atoms with E-state index in [-0.39, 0.29) is 53.6 Å². The van der Waals surface area contributed by atoms with Gasteiger partial charge in [-0.05, 0) is 37.1 Å². The number of Topliss-reactive ketones (excluding diaryl/α,β-unsaturated/α-hetero) is 1. The first-order chi connectivity index (χ1) is 13.7. The van der Waals surface area contributed by atoms with Gasteiger partial charge in [-0.1, -0.05) is 49.3 Å². The Labute approximate surface area is 180 Å². The molecule has 0 saturated carbocycles. The van der Waals surface area contributed by atoms with Crippen LogP contribution in [0.5, 0.6) is 0 Å². The number of rotatable bonds is 8. The Bertz CT molecular complexity index is 822. The van der Waals surface area contributed by atoms with Crippen molar-refractivity contribution in [3.05, 3.63) is 33.8 Å². The van der Waals surface area contributed by atoms with Gasteiger partial charge in [0.2, 0.25) is 0 Å². The van der Waals surface area contributed by atoms with Crippen LogP contribution in [-0.2, 0) is 18.9 Å². The Hall–Kier alpha value is -1.61. The number of nitrogens with zero attached hydrogens (tertiary/aromatic N) is 1. The Morgan fingerprint density at radius 1 is 1.31 bits per heavy atom. The van der Waals surface area contributed by atoms with Crippen LogP contribution >= 0.6 is 23.2 Å². The maximum Gasteiger partial charge on any atom is 0.378 e. The number of benzene rings is 1. The maximum atomic E-state index is 12.7. The lowest BCUT2D eigenvalue weighted by atomic mass is 9.53. The number of hydrogen-bond donors (Lipinski definition) is 1. The summed E-state index contributed by atoms with van der Waals surface area (Å²) in [4.78, 5) is 38.8. The summed E-state index contributed by atoms with van der Waals surface area (Å²) in [7, 11) is 0. The van der Waals surface area contributed by atoms with Crippen LogP contribution in [-0.4, -0.2) is 55.4 Å². The van der Waals surface area contributed by atoms with Gasteiger partial charge in [-0.3, -0.25) is 14.4 Å². The second-order valence-corrected chi connectivity index (χ2v) is 8.84. The standard InChI is InChI=1S/C19H24BCl2N2O5/c1-12(2)7-13(20-24(5-6-28-20)11-18(26)29-20)8-15(25)10-23-19(27)16-9-14(21)3-4-17(16)22/h3-4,9,12-13H,5-8,10-11H2,1-2H3,(H,23,27)/q-1/t13-,20?/m1/s1. The van der Waals surface area contributed by atoms with Crippen molar-refractivity contribution in [1.82, 2.24) is 10.1 Å². The lowest BCUT2D eigenvalue weighted by molar-refractivity contribution is -0.133. The minimum Gasteiger partial charge on any atom is -0.652 e. The van der Waals surface area contributed by atoms with Gasteiger partial charge < -0.3 is 19.4 Å². The average Bonchev–Trinajstić information content (AvgIpc) is 3.17. The van der Waals surface area contributed by atoms with E-state index < -0.39 is 12.6 Å². The van der Waals surface area contributed by atoms with Crippen LogP contribution < -0.4 is 5.32 Å². The average molecular weight is 442 g/mol. The summed E-state index contributed by atoms with van der Waals surface area (Å²) in [6.45, 7) is 3.23. The number of amides is 1. The van der Waals surface area contributed by atoms with Gasteiger partial charge in [0.15, 0.2) is 0 Å². The van der Waals surface area contributed by atoms with Crippen LogP contribution in [0.2, 0.25) is 15.9 Å². The molecule has 1 aromatic rings. The fraction of sp³-hybridized carbons (Fsp3) is 0.526. The molecular weight excluding hydrogens is 418 g/mol. The summed E-state index contributed by atoms with van der Waals surface area (Å²) in [6.07, 6.45) is 0.815. The molecule has 158 valence electrons. The Morgan fingerprint density at radius 2 is 2.07 bits per heavy atom. The quantitative estimate of drug-likeness (QED) is 0.624. The molecule has 0 aromatic heterocycles. The summed E-state index contributed by atoms with van der Waals surface area (Å²) < 4.78 is 11.5. The minimum atomic E-state index is -1.97. The molecule has 2 atom stereocenters. The van der Waals surface area contributed by atoms with Crippen molar-refractivity contribution in [2.24, 2.45) is 5.92 Å². The molecule has 3 rings (SSSR count). The third-order valence-electron chi connectivity index (χ3n) is 5.36. The predicted molar refractivity (Wildman–Crippen MR) is 111 cm³/mol. The van der Waals surface area contributed by atoms with Crippen LogP contribution in [0.25, 0.3) is 0 Å². The van der Waals surface area contributed by atoms with Crippen molar-refractivity contribution in [2.45, 2.75) is 32.5 Å². The SMILES string of the molecule is CC(C)C[C@H](CC(=O)CNC(=O)c1cc(Cl)ccc1Cl)[B-]12OCCN1CC(=O)O2. The van der Waals surface area contributed by atoms with Crippen molar-refractivity contribution >= 4 is 47.5 Å². The molecule has 29 heavy (non-hydrogen) atoms. The van der Waals surface area contributed by atoms with Gasteiger partial charge in [-0.2, -0.15) is 0 Å². The van der Waals surface area contributed by atoms with Crippen molar-refractivity contribution in [3.63, 3.8) is 0 Å². The largest absolute Gasteiger partial charge is 0.652 e. The van der Waals surface area contributed by atoms with E-state index in [4.69, 9.17) is 32.5 Å². The molecule has 1 amide bonds. The smallest absolute Gasteiger partial charge is 0.378 e. The number of fused-ring (bicyclic) bond motifs is 1. The highest BCUT2D eigenvalue weighted by Gasteiger charge is 2.52. The molecule has 7 nitrogen and oxygen atoms in total. The number of halogens is 2. The molecule has 10 heteroatoms. The van der Waals surface area contributed by atoms with Gasteiger partial charge >= 0.3 is 6.69 Å². The molecule has 0 spiro atoms. The molecule has 1 N–H and O–H groups in total. The maximum absolute atomic E-state index is 12.7. The van der Waals surface area contributed by atoms with Gasteiger partial charge in [0.05, 0.1) is 23.7 Å². The highest BCUT2D eigenvalue weighted by molar-refractivity contribution is 6.70. The molecule has 0 bridgehead atoms. The van der Waals surface area contributed by atoms with E-state index in [0.717, 1.165) is 0 Å². The third-order valence-corrected chi connectivity index (χ3v) is 5.92. The summed E-state index contributed by atoms with van der Waals surface area (Å²) in [5.41, 5.74) is 0.212. The molecule has 2 aliphatic heterocycles. The molecule has 0 aliphatic carbocycles. The lowest BCUT2D eigenvalue weighted by Crippen LogP contribution is -2.52. The van der Waals surface area contributed by atoms with E-state index in [1.165, 1.54) is 12.1 Å². The Balaban J connectivity index is 1.65. The number of carbonyl (C=O) groups is 3. The monoisotopic (exact) mass is 441 g/mol. The third kappa shape index (κ3) is 4.94. The number of carbonyl (C=O) groups excluding carboxylic acids is 3. The Morgan fingerprint density at radius 3 is 2.79 bits per heavy atom. The van der Waals surface area contributed by atoms with Gasteiger partial charge in [-0.15, -0.1) is 0 Å². The van der Waals surface area contributed by atoms with E-state index in [1.54, 1.807) is 6.07 Å². The fourth-order valence-corrected chi connectivity index (χ4v) is 4.56. The first kappa shape index (κ1) is 22.1. The van der Waals surface area contributed by atoms with Gasteiger partial charge in [-0.25, -0.2) is 0 Å². The number of ketones is 1. The summed E-state index contributed by atoms with van der Waals surface area (Å²) in [6, 6.07) is 4.57. The highest BCUT2D eigenvalue weighted by atomic mass is 35.5. The normalized spacial score (nSPS) is 22.4. The summed E-state index contributed by atoms with van der Waals surface area (Å²) >= 11 is 11.9. The Kier molecular flexibility index (Phi) is 6.89. The number of hydrogen-bond acceptors (Lipinski definition) is 6. The van der Waals surface area contributed by atoms with Crippen LogP contribution in [0.1, 0.15) is 37.0 Å². The highest BCUT2D eigenvalue weighted by Crippen LogP contribution is 2.41. The molecule has 2 fully saturated rings. The van der Waals surface area contributed by atoms with E-state index in [2.05, 4.69) is 5.32 Å². The summed E-state index contributed by atoms with van der Waals surface area (Å²) in [5.74, 6) is -0.940.